The van der Waals surface area contributed by atoms with E-state index in [4.69, 9.17) is 0 Å². The number of nitrogens with zero attached hydrogens (tertiary/aromatic N) is 2. The number of aryl methyl sites for hydroxylation is 2. The zero-order valence-electron chi connectivity index (χ0n) is 23.3. The van der Waals surface area contributed by atoms with Gasteiger partial charge in [0.1, 0.15) is 6.04 Å². The van der Waals surface area contributed by atoms with Crippen molar-refractivity contribution in [1.82, 2.24) is 10.2 Å². The van der Waals surface area contributed by atoms with E-state index < -0.39 is 16.1 Å². The Bertz CT molecular complexity index is 1340. The van der Waals surface area contributed by atoms with Gasteiger partial charge in [0.2, 0.25) is 21.8 Å². The Hall–Kier alpha value is -3.65. The van der Waals surface area contributed by atoms with E-state index in [1.807, 2.05) is 80.6 Å². The molecule has 0 saturated heterocycles. The maximum Gasteiger partial charge on any atom is 0.242 e. The Kier molecular flexibility index (Phi) is 10.7. The maximum atomic E-state index is 13.7. The van der Waals surface area contributed by atoms with Crippen molar-refractivity contribution in [3.63, 3.8) is 0 Å². The molecule has 7 nitrogen and oxygen atoms in total. The summed E-state index contributed by atoms with van der Waals surface area (Å²) in [5, 5.41) is 2.72. The van der Waals surface area contributed by atoms with Crippen LogP contribution < -0.4 is 9.62 Å². The Labute approximate surface area is 232 Å². The predicted molar refractivity (Wildman–Crippen MR) is 157 cm³/mol. The van der Waals surface area contributed by atoms with Crippen LogP contribution in [0, 0.1) is 6.92 Å². The quantitative estimate of drug-likeness (QED) is 0.340. The summed E-state index contributed by atoms with van der Waals surface area (Å²) in [5.74, 6) is -0.440. The van der Waals surface area contributed by atoms with E-state index in [1.54, 1.807) is 24.1 Å². The van der Waals surface area contributed by atoms with E-state index >= 15 is 0 Å². The highest BCUT2D eigenvalue weighted by molar-refractivity contribution is 7.92. The second kappa shape index (κ2) is 13.9. The van der Waals surface area contributed by atoms with Crippen molar-refractivity contribution < 1.29 is 18.0 Å². The molecule has 0 aromatic heterocycles. The predicted octanol–water partition coefficient (Wildman–Crippen LogP) is 4.49. The van der Waals surface area contributed by atoms with Crippen molar-refractivity contribution in [3.8, 4) is 0 Å². The number of carbonyl (C=O) groups excluding carboxylic acids is 2. The van der Waals surface area contributed by atoms with Crippen molar-refractivity contribution in [2.75, 3.05) is 24.2 Å². The van der Waals surface area contributed by atoms with Crippen LogP contribution in [0.1, 0.15) is 42.0 Å². The highest BCUT2D eigenvalue weighted by Gasteiger charge is 2.30. The second-order valence-corrected chi connectivity index (χ2v) is 11.7. The normalized spacial score (nSPS) is 12.0. The number of anilines is 1. The number of hydrogen-bond acceptors (Lipinski definition) is 4. The minimum absolute atomic E-state index is 0.104. The Morgan fingerprint density at radius 1 is 0.897 bits per heavy atom. The van der Waals surface area contributed by atoms with Gasteiger partial charge in [-0.3, -0.25) is 13.9 Å². The fourth-order valence-corrected chi connectivity index (χ4v) is 5.59. The summed E-state index contributed by atoms with van der Waals surface area (Å²) in [4.78, 5) is 28.4. The molecule has 3 rings (SSSR count). The number of amides is 2. The minimum Gasteiger partial charge on any atom is -0.357 e. The first-order valence-electron chi connectivity index (χ1n) is 13.3. The molecule has 0 heterocycles. The average molecular weight is 550 g/mol. The number of nitrogens with one attached hydrogen (secondary N) is 1. The van der Waals surface area contributed by atoms with Gasteiger partial charge in [0.15, 0.2) is 0 Å². The molecule has 0 spiro atoms. The molecule has 3 aromatic rings. The van der Waals surface area contributed by atoms with Crippen molar-refractivity contribution >= 4 is 27.5 Å². The summed E-state index contributed by atoms with van der Waals surface area (Å²) in [6.45, 7) is 4.47. The molecule has 208 valence electrons. The summed E-state index contributed by atoms with van der Waals surface area (Å²) < 4.78 is 26.5. The number of hydrogen-bond donors (Lipinski definition) is 1. The van der Waals surface area contributed by atoms with E-state index in [1.165, 1.54) is 10.6 Å². The SMILES string of the molecule is CCc1ccc(N(CCCC(=O)N(Cc2cccc(C)c2)[C@@H](Cc2ccccc2)C(=O)NC)S(C)(=O)=O)cc1. The van der Waals surface area contributed by atoms with Gasteiger partial charge in [-0.2, -0.15) is 0 Å². The van der Waals surface area contributed by atoms with Crippen LogP contribution in [0.15, 0.2) is 78.9 Å². The van der Waals surface area contributed by atoms with Gasteiger partial charge in [-0.15, -0.1) is 0 Å². The third-order valence-electron chi connectivity index (χ3n) is 6.74. The molecule has 3 aromatic carbocycles. The molecule has 0 aliphatic heterocycles. The second-order valence-electron chi connectivity index (χ2n) is 9.79. The Balaban J connectivity index is 1.83. The molecule has 0 radical (unpaired) electrons. The molecular formula is C31H39N3O4S. The molecule has 8 heteroatoms. The van der Waals surface area contributed by atoms with E-state index in [2.05, 4.69) is 5.32 Å². The molecule has 0 aliphatic carbocycles. The lowest BCUT2D eigenvalue weighted by atomic mass is 10.0. The number of rotatable bonds is 13. The van der Waals surface area contributed by atoms with E-state index in [0.29, 0.717) is 18.5 Å². The van der Waals surface area contributed by atoms with Gasteiger partial charge in [-0.05, 0) is 48.6 Å². The molecule has 0 bridgehead atoms. The summed E-state index contributed by atoms with van der Waals surface area (Å²) >= 11 is 0. The molecule has 0 saturated carbocycles. The summed E-state index contributed by atoms with van der Waals surface area (Å²) in [5.41, 5.74) is 4.64. The number of sulfonamides is 1. The van der Waals surface area contributed by atoms with E-state index in [9.17, 15) is 18.0 Å². The maximum absolute atomic E-state index is 13.7. The topological polar surface area (TPSA) is 86.8 Å². The van der Waals surface area contributed by atoms with Crippen LogP contribution in [0.3, 0.4) is 0 Å². The molecule has 0 fully saturated rings. The highest BCUT2D eigenvalue weighted by Crippen LogP contribution is 2.21. The van der Waals surface area contributed by atoms with Gasteiger partial charge >= 0.3 is 0 Å². The van der Waals surface area contributed by atoms with Crippen molar-refractivity contribution in [2.24, 2.45) is 0 Å². The Morgan fingerprint density at radius 2 is 1.56 bits per heavy atom. The first kappa shape index (κ1) is 29.9. The fourth-order valence-electron chi connectivity index (χ4n) is 4.63. The fraction of sp³-hybridized carbons (Fsp3) is 0.355. The van der Waals surface area contributed by atoms with Crippen LogP contribution in [-0.4, -0.2) is 51.0 Å². The monoisotopic (exact) mass is 549 g/mol. The number of likely N-dealkylation sites (N-methyl/N-ethyl adjacent to an activating group) is 1. The largest absolute Gasteiger partial charge is 0.357 e. The lowest BCUT2D eigenvalue weighted by Gasteiger charge is -2.31. The lowest BCUT2D eigenvalue weighted by molar-refractivity contribution is -0.141. The molecule has 2 amide bonds. The first-order chi connectivity index (χ1) is 18.6. The van der Waals surface area contributed by atoms with Crippen molar-refractivity contribution in [1.29, 1.82) is 0 Å². The van der Waals surface area contributed by atoms with Crippen LogP contribution in [0.2, 0.25) is 0 Å². The first-order valence-corrected chi connectivity index (χ1v) is 15.1. The van der Waals surface area contributed by atoms with Crippen LogP contribution >= 0.6 is 0 Å². The van der Waals surface area contributed by atoms with Crippen LogP contribution in [0.25, 0.3) is 0 Å². The van der Waals surface area contributed by atoms with Crippen LogP contribution in [-0.2, 0) is 39.0 Å². The number of benzene rings is 3. The van der Waals surface area contributed by atoms with E-state index in [-0.39, 0.29) is 31.3 Å². The van der Waals surface area contributed by atoms with Crippen LogP contribution in [0.4, 0.5) is 5.69 Å². The lowest BCUT2D eigenvalue weighted by Crippen LogP contribution is -2.49. The van der Waals surface area contributed by atoms with Gasteiger partial charge in [0.25, 0.3) is 0 Å². The molecule has 0 unspecified atom stereocenters. The van der Waals surface area contributed by atoms with Crippen LogP contribution in [0.5, 0.6) is 0 Å². The third-order valence-corrected chi connectivity index (χ3v) is 7.93. The van der Waals surface area contributed by atoms with Gasteiger partial charge in [-0.25, -0.2) is 8.42 Å². The molecule has 1 atom stereocenters. The van der Waals surface area contributed by atoms with E-state index in [0.717, 1.165) is 28.7 Å². The smallest absolute Gasteiger partial charge is 0.242 e. The van der Waals surface area contributed by atoms with Gasteiger partial charge in [0.05, 0.1) is 11.9 Å². The highest BCUT2D eigenvalue weighted by atomic mass is 32.2. The standard InChI is InChI=1S/C31H39N3O4S/c1-5-25-16-18-28(19-17-25)34(39(4,37)38)20-10-15-30(35)33(23-27-14-9-11-24(2)21-27)29(31(36)32-3)22-26-12-7-6-8-13-26/h6-9,11-14,16-19,21,29H,5,10,15,20,22-23H2,1-4H3,(H,32,36)/t29-/m0/s1. The molecule has 0 aliphatic rings. The molecule has 39 heavy (non-hydrogen) atoms. The summed E-state index contributed by atoms with van der Waals surface area (Å²) in [6, 6.07) is 24.2. The Morgan fingerprint density at radius 3 is 2.15 bits per heavy atom. The van der Waals surface area contributed by atoms with Crippen molar-refractivity contribution in [2.45, 2.75) is 52.1 Å². The zero-order chi connectivity index (χ0) is 28.4. The minimum atomic E-state index is -3.54. The average Bonchev–Trinajstić information content (AvgIpc) is 2.92. The number of carbonyl (C=O) groups is 2. The zero-order valence-corrected chi connectivity index (χ0v) is 24.1. The van der Waals surface area contributed by atoms with Gasteiger partial charge in [0, 0.05) is 33.0 Å². The summed E-state index contributed by atoms with van der Waals surface area (Å²) in [7, 11) is -1.97. The third kappa shape index (κ3) is 8.68. The van der Waals surface area contributed by atoms with Crippen molar-refractivity contribution in [3.05, 3.63) is 101 Å². The molecular weight excluding hydrogens is 510 g/mol. The van der Waals surface area contributed by atoms with Gasteiger partial charge < -0.3 is 10.2 Å². The van der Waals surface area contributed by atoms with Gasteiger partial charge in [-0.1, -0.05) is 79.2 Å². The molecule has 1 N–H and O–H groups in total. The summed E-state index contributed by atoms with van der Waals surface area (Å²) in [6.07, 6.45) is 2.83.